The van der Waals surface area contributed by atoms with Crippen LogP contribution in [0.5, 0.6) is 0 Å². The first-order valence-corrected chi connectivity index (χ1v) is 5.95. The van der Waals surface area contributed by atoms with Crippen molar-refractivity contribution in [3.05, 3.63) is 53.6 Å². The smallest absolute Gasteiger partial charge is 0.255 e. The molecule has 2 aromatic heterocycles. The van der Waals surface area contributed by atoms with Gasteiger partial charge in [-0.15, -0.1) is 0 Å². The Hall–Kier alpha value is -2.43. The lowest BCUT2D eigenvalue weighted by Crippen LogP contribution is -2.27. The first kappa shape index (κ1) is 13.0. The first-order valence-electron chi connectivity index (χ1n) is 5.95. The van der Waals surface area contributed by atoms with E-state index in [-0.39, 0.29) is 5.91 Å². The van der Waals surface area contributed by atoms with Crippen molar-refractivity contribution in [3.63, 3.8) is 0 Å². The highest BCUT2D eigenvalue weighted by atomic mass is 16.2. The highest BCUT2D eigenvalue weighted by molar-refractivity contribution is 5.95. The number of hydrogen-bond donors (Lipinski definition) is 1. The Labute approximate surface area is 112 Å². The molecule has 0 fully saturated rings. The number of anilines is 1. The largest absolute Gasteiger partial charge is 0.397 e. The van der Waals surface area contributed by atoms with Gasteiger partial charge in [-0.1, -0.05) is 6.07 Å². The first-order chi connectivity index (χ1) is 9.08. The van der Waals surface area contributed by atoms with E-state index in [0.29, 0.717) is 23.5 Å². The van der Waals surface area contributed by atoms with Crippen molar-refractivity contribution in [2.45, 2.75) is 13.5 Å². The highest BCUT2D eigenvalue weighted by Crippen LogP contribution is 2.13. The molecule has 0 saturated heterocycles. The lowest BCUT2D eigenvalue weighted by Gasteiger charge is -2.17. The molecule has 1 amide bonds. The molecule has 0 spiro atoms. The van der Waals surface area contributed by atoms with Crippen molar-refractivity contribution in [1.29, 1.82) is 0 Å². The number of nitrogens with two attached hydrogens (primary N) is 1. The average Bonchev–Trinajstić information content (AvgIpc) is 2.42. The predicted octanol–water partition coefficient (Wildman–Crippen LogP) is 1.64. The van der Waals surface area contributed by atoms with Crippen molar-refractivity contribution in [3.8, 4) is 0 Å². The van der Waals surface area contributed by atoms with Crippen LogP contribution in [0, 0.1) is 6.92 Å². The van der Waals surface area contributed by atoms with Crippen LogP contribution in [-0.4, -0.2) is 27.8 Å². The van der Waals surface area contributed by atoms with Crippen molar-refractivity contribution >= 4 is 11.6 Å². The quantitative estimate of drug-likeness (QED) is 0.906. The third kappa shape index (κ3) is 3.07. The minimum Gasteiger partial charge on any atom is -0.397 e. The van der Waals surface area contributed by atoms with Gasteiger partial charge in [0.2, 0.25) is 0 Å². The Bertz CT molecular complexity index is 583. The van der Waals surface area contributed by atoms with E-state index in [1.807, 2.05) is 18.2 Å². The van der Waals surface area contributed by atoms with Gasteiger partial charge in [0.05, 0.1) is 35.4 Å². The van der Waals surface area contributed by atoms with Gasteiger partial charge in [-0.3, -0.25) is 14.8 Å². The van der Waals surface area contributed by atoms with Crippen LogP contribution in [0.3, 0.4) is 0 Å². The summed E-state index contributed by atoms with van der Waals surface area (Å²) in [6.45, 7) is 2.25. The molecule has 0 aliphatic heterocycles. The molecular weight excluding hydrogens is 240 g/mol. The summed E-state index contributed by atoms with van der Waals surface area (Å²) in [5.41, 5.74) is 8.20. The van der Waals surface area contributed by atoms with Crippen molar-refractivity contribution in [2.24, 2.45) is 0 Å². The van der Waals surface area contributed by atoms with Crippen molar-refractivity contribution in [1.82, 2.24) is 14.9 Å². The molecule has 0 aromatic carbocycles. The van der Waals surface area contributed by atoms with E-state index >= 15 is 0 Å². The second-order valence-electron chi connectivity index (χ2n) is 4.38. The van der Waals surface area contributed by atoms with Crippen molar-refractivity contribution < 1.29 is 4.79 Å². The van der Waals surface area contributed by atoms with Gasteiger partial charge in [-0.2, -0.15) is 0 Å². The Morgan fingerprint density at radius 2 is 2.16 bits per heavy atom. The zero-order chi connectivity index (χ0) is 13.8. The Balaban J connectivity index is 2.17. The number of nitrogens with zero attached hydrogens (tertiary/aromatic N) is 3. The summed E-state index contributed by atoms with van der Waals surface area (Å²) in [6.07, 6.45) is 3.26. The molecule has 2 aromatic rings. The van der Waals surface area contributed by atoms with Gasteiger partial charge in [0.25, 0.3) is 5.91 Å². The van der Waals surface area contributed by atoms with Gasteiger partial charge >= 0.3 is 0 Å². The Morgan fingerprint density at radius 1 is 1.37 bits per heavy atom. The Morgan fingerprint density at radius 3 is 2.84 bits per heavy atom. The third-order valence-electron chi connectivity index (χ3n) is 2.81. The monoisotopic (exact) mass is 256 g/mol. The fourth-order valence-electron chi connectivity index (χ4n) is 1.78. The molecule has 2 heterocycles. The highest BCUT2D eigenvalue weighted by Gasteiger charge is 2.15. The molecule has 0 atom stereocenters. The molecule has 2 rings (SSSR count). The number of nitrogen functional groups attached to an aromatic ring is 1. The topological polar surface area (TPSA) is 72.1 Å². The Kier molecular flexibility index (Phi) is 3.75. The zero-order valence-corrected chi connectivity index (χ0v) is 11.0. The van der Waals surface area contributed by atoms with E-state index in [1.165, 1.54) is 0 Å². The van der Waals surface area contributed by atoms with Crippen LogP contribution in [-0.2, 0) is 6.54 Å². The summed E-state index contributed by atoms with van der Waals surface area (Å²) in [5.74, 6) is -0.108. The normalized spacial score (nSPS) is 10.2. The zero-order valence-electron chi connectivity index (χ0n) is 11.0. The SMILES string of the molecule is Cc1ncc(N)cc1C(=O)N(C)Cc1ccccn1. The molecule has 5 heteroatoms. The number of aromatic nitrogens is 2. The molecule has 0 saturated carbocycles. The van der Waals surface area contributed by atoms with Crippen LogP contribution in [0.2, 0.25) is 0 Å². The third-order valence-corrected chi connectivity index (χ3v) is 2.81. The number of carbonyl (C=O) groups is 1. The lowest BCUT2D eigenvalue weighted by atomic mass is 10.1. The van der Waals surface area contributed by atoms with Gasteiger partial charge in [0, 0.05) is 13.2 Å². The van der Waals surface area contributed by atoms with Crippen LogP contribution in [0.1, 0.15) is 21.7 Å². The molecule has 98 valence electrons. The van der Waals surface area contributed by atoms with E-state index in [1.54, 1.807) is 37.3 Å². The van der Waals surface area contributed by atoms with E-state index < -0.39 is 0 Å². The van der Waals surface area contributed by atoms with Gasteiger partial charge < -0.3 is 10.6 Å². The van der Waals surface area contributed by atoms with E-state index in [4.69, 9.17) is 5.73 Å². The summed E-state index contributed by atoms with van der Waals surface area (Å²) >= 11 is 0. The molecule has 0 unspecified atom stereocenters. The van der Waals surface area contributed by atoms with Crippen LogP contribution in [0.15, 0.2) is 36.7 Å². The van der Waals surface area contributed by atoms with Gasteiger partial charge in [-0.05, 0) is 25.1 Å². The van der Waals surface area contributed by atoms with Crippen molar-refractivity contribution in [2.75, 3.05) is 12.8 Å². The average molecular weight is 256 g/mol. The van der Waals surface area contributed by atoms with Crippen LogP contribution >= 0.6 is 0 Å². The molecule has 19 heavy (non-hydrogen) atoms. The lowest BCUT2D eigenvalue weighted by molar-refractivity contribution is 0.0782. The second kappa shape index (κ2) is 5.48. The minimum atomic E-state index is -0.108. The summed E-state index contributed by atoms with van der Waals surface area (Å²) in [6, 6.07) is 7.28. The van der Waals surface area contributed by atoms with Gasteiger partial charge in [0.15, 0.2) is 0 Å². The van der Waals surface area contributed by atoms with Crippen LogP contribution in [0.25, 0.3) is 0 Å². The molecule has 0 aliphatic rings. The summed E-state index contributed by atoms with van der Waals surface area (Å²) in [7, 11) is 1.74. The second-order valence-corrected chi connectivity index (χ2v) is 4.38. The van der Waals surface area contributed by atoms with E-state index in [9.17, 15) is 4.79 Å². The fraction of sp³-hybridized carbons (Fsp3) is 0.214. The van der Waals surface area contributed by atoms with Crippen LogP contribution < -0.4 is 5.73 Å². The molecule has 0 radical (unpaired) electrons. The maximum atomic E-state index is 12.3. The number of rotatable bonds is 3. The summed E-state index contributed by atoms with van der Waals surface area (Å²) in [4.78, 5) is 22.2. The summed E-state index contributed by atoms with van der Waals surface area (Å²) < 4.78 is 0. The van der Waals surface area contributed by atoms with E-state index in [2.05, 4.69) is 9.97 Å². The standard InChI is InChI=1S/C14H16N4O/c1-10-13(7-11(15)8-17-10)14(19)18(2)9-12-5-3-4-6-16-12/h3-8H,9,15H2,1-2H3. The molecule has 0 bridgehead atoms. The number of hydrogen-bond acceptors (Lipinski definition) is 4. The minimum absolute atomic E-state index is 0.108. The van der Waals surface area contributed by atoms with Crippen LogP contribution in [0.4, 0.5) is 5.69 Å². The van der Waals surface area contributed by atoms with E-state index in [0.717, 1.165) is 5.69 Å². The number of amides is 1. The number of aryl methyl sites for hydroxylation is 1. The number of carbonyl (C=O) groups excluding carboxylic acids is 1. The van der Waals surface area contributed by atoms with Gasteiger partial charge in [0.1, 0.15) is 0 Å². The fourth-order valence-corrected chi connectivity index (χ4v) is 1.78. The maximum Gasteiger partial charge on any atom is 0.255 e. The predicted molar refractivity (Wildman–Crippen MR) is 73.4 cm³/mol. The molecule has 5 nitrogen and oxygen atoms in total. The summed E-state index contributed by atoms with van der Waals surface area (Å²) in [5, 5.41) is 0. The molecular formula is C14H16N4O. The number of pyridine rings is 2. The molecule has 0 aliphatic carbocycles. The maximum absolute atomic E-state index is 12.3. The van der Waals surface area contributed by atoms with Gasteiger partial charge in [-0.25, -0.2) is 0 Å². The molecule has 2 N–H and O–H groups in total.